The lowest BCUT2D eigenvalue weighted by Gasteiger charge is -2.36. The molecular formula is C36H39BrClN3O7. The molecule has 10 nitrogen and oxygen atoms in total. The van der Waals surface area contributed by atoms with Crippen LogP contribution in [0.15, 0.2) is 71.2 Å². The minimum atomic E-state index is -1.48. The number of cyclic esters (lactones) is 1. The maximum absolute atomic E-state index is 15.0. The van der Waals surface area contributed by atoms with Crippen LogP contribution in [0, 0.1) is 18.8 Å². The Hall–Kier alpha value is -3.51. The molecule has 0 unspecified atom stereocenters. The van der Waals surface area contributed by atoms with E-state index in [1.54, 1.807) is 35.1 Å². The van der Waals surface area contributed by atoms with Gasteiger partial charge >= 0.3 is 5.97 Å². The molecule has 7 atom stereocenters. The molecule has 3 amide bonds. The zero-order valence-electron chi connectivity index (χ0n) is 27.1. The van der Waals surface area contributed by atoms with Gasteiger partial charge < -0.3 is 29.3 Å². The largest absolute Gasteiger partial charge is 0.455 e. The van der Waals surface area contributed by atoms with Gasteiger partial charge in [0.2, 0.25) is 11.8 Å². The average molecular weight is 741 g/mol. The van der Waals surface area contributed by atoms with Gasteiger partial charge in [0.15, 0.2) is 0 Å². The maximum Gasteiger partial charge on any atom is 0.313 e. The SMILES string of the molecule is Cc1cccc(Cl)c1N1C/C=C\CCC(=O)N(C)[C@@H](C)[C@H](c2ccccc2)OC(=O)[C@H]2[C@@H]3O[C@@]4(C=C3Br)[C@@H]2C(=O)N(CCCO)[C@@H]4C1=O. The van der Waals surface area contributed by atoms with Crippen molar-refractivity contribution in [2.24, 2.45) is 11.8 Å². The lowest BCUT2D eigenvalue weighted by atomic mass is 9.74. The molecule has 4 aliphatic rings. The predicted octanol–water partition coefficient (Wildman–Crippen LogP) is 4.72. The number of aliphatic hydroxyl groups is 1. The summed E-state index contributed by atoms with van der Waals surface area (Å²) in [6.45, 7) is 3.67. The van der Waals surface area contributed by atoms with Crippen molar-refractivity contribution in [3.05, 3.63) is 87.4 Å². The first-order valence-electron chi connectivity index (χ1n) is 16.2. The van der Waals surface area contributed by atoms with Gasteiger partial charge in [0.1, 0.15) is 29.8 Å². The highest BCUT2D eigenvalue weighted by atomic mass is 79.9. The van der Waals surface area contributed by atoms with Crippen LogP contribution in [0.1, 0.15) is 43.4 Å². The second kappa shape index (κ2) is 13.8. The summed E-state index contributed by atoms with van der Waals surface area (Å²) >= 11 is 10.3. The summed E-state index contributed by atoms with van der Waals surface area (Å²) in [6, 6.07) is 12.9. The van der Waals surface area contributed by atoms with Gasteiger partial charge in [-0.15, -0.1) is 0 Å². The minimum Gasteiger partial charge on any atom is -0.455 e. The molecule has 0 saturated carbocycles. The summed E-state index contributed by atoms with van der Waals surface area (Å²) in [7, 11) is 1.69. The molecule has 4 aliphatic heterocycles. The summed E-state index contributed by atoms with van der Waals surface area (Å²) in [6.07, 6.45) is 4.56. The number of rotatable bonds is 5. The van der Waals surface area contributed by atoms with E-state index in [9.17, 15) is 24.3 Å². The Morgan fingerprint density at radius 1 is 1.02 bits per heavy atom. The van der Waals surface area contributed by atoms with Crippen molar-refractivity contribution >= 4 is 56.9 Å². The highest BCUT2D eigenvalue weighted by Crippen LogP contribution is 2.59. The number of ether oxygens (including phenoxy) is 2. The summed E-state index contributed by atoms with van der Waals surface area (Å²) in [4.78, 5) is 61.8. The van der Waals surface area contributed by atoms with Gasteiger partial charge in [-0.2, -0.15) is 0 Å². The number of hydrogen-bond donors (Lipinski definition) is 1. The molecule has 48 heavy (non-hydrogen) atoms. The molecule has 6 rings (SSSR count). The van der Waals surface area contributed by atoms with Gasteiger partial charge in [-0.25, -0.2) is 0 Å². The first-order valence-corrected chi connectivity index (χ1v) is 17.4. The van der Waals surface area contributed by atoms with Crippen LogP contribution in [0.4, 0.5) is 5.69 Å². The summed E-state index contributed by atoms with van der Waals surface area (Å²) < 4.78 is 13.4. The van der Waals surface area contributed by atoms with Crippen molar-refractivity contribution in [1.29, 1.82) is 0 Å². The summed E-state index contributed by atoms with van der Waals surface area (Å²) in [5, 5.41) is 10.1. The molecular weight excluding hydrogens is 702 g/mol. The van der Waals surface area contributed by atoms with E-state index in [0.29, 0.717) is 27.2 Å². The minimum absolute atomic E-state index is 0.0764. The van der Waals surface area contributed by atoms with E-state index < -0.39 is 59.5 Å². The van der Waals surface area contributed by atoms with Crippen molar-refractivity contribution in [3.8, 4) is 0 Å². The van der Waals surface area contributed by atoms with Crippen LogP contribution in [0.25, 0.3) is 0 Å². The smallest absolute Gasteiger partial charge is 0.313 e. The number of fused-ring (bicyclic) bond motifs is 2. The van der Waals surface area contributed by atoms with Gasteiger partial charge in [0, 0.05) is 37.6 Å². The molecule has 2 aromatic rings. The summed E-state index contributed by atoms with van der Waals surface area (Å²) in [5.74, 6) is -3.79. The van der Waals surface area contributed by atoms with E-state index in [1.807, 2.05) is 62.4 Å². The van der Waals surface area contributed by atoms with E-state index in [4.69, 9.17) is 21.1 Å². The molecule has 12 heteroatoms. The number of nitrogens with zero attached hydrogens (tertiary/aromatic N) is 3. The highest BCUT2D eigenvalue weighted by Gasteiger charge is 2.75. The van der Waals surface area contributed by atoms with Gasteiger partial charge in [-0.1, -0.05) is 82.1 Å². The number of anilines is 1. The van der Waals surface area contributed by atoms with E-state index in [1.165, 1.54) is 4.90 Å². The number of aryl methyl sites for hydroxylation is 1. The van der Waals surface area contributed by atoms with Crippen molar-refractivity contribution in [1.82, 2.24) is 9.80 Å². The van der Waals surface area contributed by atoms with Gasteiger partial charge in [0.05, 0.1) is 22.7 Å². The standard InChI is InChI=1S/C36H39BrClN3O7/c1-21-12-10-15-25(38)29(21)40-17-9-5-8-16-26(43)39(3)22(2)30(23-13-6-4-7-14-23)47-35(46)27-28-33(44)41(18-11-19-42)32(34(40)45)36(28)20-24(37)31(27)48-36/h4-7,9-10,12-15,20,22,27-28,30-32,42H,8,11,16-19H2,1-3H3/b9-5-/t22-,27+,28-,30+,31+,32+,36-/m0/s1. The molecule has 0 radical (unpaired) electrons. The normalized spacial score (nSPS) is 31.6. The number of allylic oxidation sites excluding steroid dienone is 1. The third-order valence-electron chi connectivity index (χ3n) is 10.0. The van der Waals surface area contributed by atoms with Crippen LogP contribution < -0.4 is 4.90 Å². The molecule has 0 aliphatic carbocycles. The molecule has 4 heterocycles. The number of likely N-dealkylation sites (tertiary alicyclic amines) is 1. The highest BCUT2D eigenvalue weighted by molar-refractivity contribution is 9.11. The fourth-order valence-corrected chi connectivity index (χ4v) is 8.61. The van der Waals surface area contributed by atoms with Crippen LogP contribution in [0.3, 0.4) is 0 Å². The Morgan fingerprint density at radius 2 is 1.77 bits per heavy atom. The van der Waals surface area contributed by atoms with Crippen LogP contribution in [-0.2, 0) is 28.7 Å². The molecule has 2 fully saturated rings. The Kier molecular flexibility index (Phi) is 9.86. The van der Waals surface area contributed by atoms with E-state index in [0.717, 1.165) is 5.56 Å². The molecule has 1 spiro atoms. The first kappa shape index (κ1) is 34.4. The number of esters is 1. The molecule has 1 N–H and O–H groups in total. The topological polar surface area (TPSA) is 117 Å². The number of hydrogen-bond acceptors (Lipinski definition) is 7. The van der Waals surface area contributed by atoms with Crippen LogP contribution in [-0.4, -0.2) is 89.1 Å². The van der Waals surface area contributed by atoms with Crippen LogP contribution in [0.5, 0.6) is 0 Å². The second-order valence-corrected chi connectivity index (χ2v) is 14.1. The summed E-state index contributed by atoms with van der Waals surface area (Å²) in [5.41, 5.74) is 0.457. The Bertz CT molecular complexity index is 1650. The number of carbonyl (C=O) groups excluding carboxylic acids is 4. The van der Waals surface area contributed by atoms with E-state index in [-0.39, 0.29) is 38.4 Å². The van der Waals surface area contributed by atoms with Crippen LogP contribution >= 0.6 is 27.5 Å². The third-order valence-corrected chi connectivity index (χ3v) is 11.0. The molecule has 0 aromatic heterocycles. The lowest BCUT2D eigenvalue weighted by molar-refractivity contribution is -0.164. The third kappa shape index (κ3) is 5.78. The average Bonchev–Trinajstić information content (AvgIpc) is 3.66. The number of para-hydroxylation sites is 1. The second-order valence-electron chi connectivity index (χ2n) is 12.8. The fourth-order valence-electron chi connectivity index (χ4n) is 7.55. The first-order chi connectivity index (χ1) is 23.0. The molecule has 2 aromatic carbocycles. The monoisotopic (exact) mass is 739 g/mol. The Labute approximate surface area is 293 Å². The van der Waals surface area contributed by atoms with Gasteiger partial charge in [-0.3, -0.25) is 19.2 Å². The maximum atomic E-state index is 15.0. The van der Waals surface area contributed by atoms with Crippen LogP contribution in [0.2, 0.25) is 5.02 Å². The van der Waals surface area contributed by atoms with Crippen molar-refractivity contribution in [3.63, 3.8) is 0 Å². The fraction of sp³-hybridized carbons (Fsp3) is 0.444. The number of benzene rings is 2. The zero-order valence-corrected chi connectivity index (χ0v) is 29.4. The van der Waals surface area contributed by atoms with E-state index >= 15 is 0 Å². The van der Waals surface area contributed by atoms with Crippen molar-refractivity contribution in [2.75, 3.05) is 31.6 Å². The Morgan fingerprint density at radius 3 is 2.48 bits per heavy atom. The lowest BCUT2D eigenvalue weighted by Crippen LogP contribution is -2.56. The number of halogens is 2. The molecule has 5 bridgehead atoms. The molecule has 254 valence electrons. The quantitative estimate of drug-likeness (QED) is 0.349. The Balaban J connectivity index is 1.50. The van der Waals surface area contributed by atoms with Gasteiger partial charge in [0.25, 0.3) is 5.91 Å². The van der Waals surface area contributed by atoms with Gasteiger partial charge in [-0.05, 0) is 50.0 Å². The van der Waals surface area contributed by atoms with Crippen molar-refractivity contribution < 1.29 is 33.8 Å². The number of carbonyl (C=O) groups is 4. The predicted molar refractivity (Wildman–Crippen MR) is 183 cm³/mol. The number of aliphatic hydroxyl groups excluding tert-OH is 1. The number of amides is 3. The zero-order chi connectivity index (χ0) is 34.3. The number of likely N-dealkylation sites (N-methyl/N-ethyl adjacent to an activating group) is 1. The van der Waals surface area contributed by atoms with Crippen molar-refractivity contribution in [2.45, 2.75) is 63.0 Å². The molecule has 2 saturated heterocycles. The van der Waals surface area contributed by atoms with E-state index in [2.05, 4.69) is 15.9 Å².